The van der Waals surface area contributed by atoms with Crippen molar-refractivity contribution in [3.05, 3.63) is 52.5 Å². The molecule has 26 heavy (non-hydrogen) atoms. The number of benzene rings is 2. The van der Waals surface area contributed by atoms with Gasteiger partial charge in [0.1, 0.15) is 0 Å². The van der Waals surface area contributed by atoms with Crippen molar-refractivity contribution in [1.82, 2.24) is 0 Å². The van der Waals surface area contributed by atoms with Crippen LogP contribution in [0, 0.1) is 0 Å². The second kappa shape index (κ2) is 9.68. The number of aromatic carboxylic acids is 1. The van der Waals surface area contributed by atoms with Gasteiger partial charge in [0.2, 0.25) is 0 Å². The van der Waals surface area contributed by atoms with E-state index < -0.39 is 5.97 Å². The highest BCUT2D eigenvalue weighted by atomic mass is 35.5. The van der Waals surface area contributed by atoms with Crippen molar-refractivity contribution in [3.8, 4) is 11.5 Å². The summed E-state index contributed by atoms with van der Waals surface area (Å²) < 4.78 is 11.3. The molecule has 0 bridgehead atoms. The lowest BCUT2D eigenvalue weighted by Crippen LogP contribution is -2.22. The van der Waals surface area contributed by atoms with Crippen molar-refractivity contribution in [2.24, 2.45) is 5.10 Å². The molecule has 0 aliphatic heterocycles. The third-order valence-corrected chi connectivity index (χ3v) is 3.57. The fourth-order valence-electron chi connectivity index (χ4n) is 2.17. The Morgan fingerprint density at radius 2 is 2.08 bits per heavy atom. The molecule has 0 atom stereocenters. The van der Waals surface area contributed by atoms with Gasteiger partial charge in [-0.3, -0.25) is 5.43 Å². The number of ether oxygens (including phenoxy) is 2. The number of nitrogens with zero attached hydrogens (tertiary/aromatic N) is 1. The third-order valence-electron chi connectivity index (χ3n) is 3.29. The number of halogens is 1. The summed E-state index contributed by atoms with van der Waals surface area (Å²) in [5.74, 6) is -0.176. The smallest absolute Gasteiger partial charge is 0.179 e. The van der Waals surface area contributed by atoms with Crippen LogP contribution in [0.1, 0.15) is 36.2 Å². The van der Waals surface area contributed by atoms with Gasteiger partial charge in [0, 0.05) is 0 Å². The zero-order valence-corrected chi connectivity index (χ0v) is 15.4. The predicted molar refractivity (Wildman–Crippen MR) is 100 cm³/mol. The zero-order valence-electron chi connectivity index (χ0n) is 14.6. The lowest BCUT2D eigenvalue weighted by atomic mass is 10.2. The topological polar surface area (TPSA) is 83.0 Å². The molecule has 138 valence electrons. The summed E-state index contributed by atoms with van der Waals surface area (Å²) in [6.07, 6.45) is 2.42. The van der Waals surface area contributed by atoms with Gasteiger partial charge < -0.3 is 19.4 Å². The minimum atomic E-state index is -1.24. The number of rotatable bonds is 9. The first-order chi connectivity index (χ1) is 12.5. The zero-order chi connectivity index (χ0) is 18.9. The van der Waals surface area contributed by atoms with Crippen molar-refractivity contribution in [2.75, 3.05) is 18.6 Å². The summed E-state index contributed by atoms with van der Waals surface area (Å²) in [7, 11) is 0. The summed E-state index contributed by atoms with van der Waals surface area (Å²) >= 11 is 6.30. The number of hydrazone groups is 1. The molecule has 0 spiro atoms. The Kier molecular flexibility index (Phi) is 7.29. The normalized spacial score (nSPS) is 10.7. The van der Waals surface area contributed by atoms with Crippen LogP contribution in [0.4, 0.5) is 5.69 Å². The molecule has 6 nitrogen and oxygen atoms in total. The number of carboxylic acid groups (broad SMARTS) is 1. The van der Waals surface area contributed by atoms with Crippen molar-refractivity contribution in [3.63, 3.8) is 0 Å². The minimum Gasteiger partial charge on any atom is -0.545 e. The maximum atomic E-state index is 10.9. The predicted octanol–water partition coefficient (Wildman–Crippen LogP) is 3.34. The fraction of sp³-hybridized carbons (Fsp3) is 0.263. The van der Waals surface area contributed by atoms with Crippen LogP contribution in [0.25, 0.3) is 0 Å². The SMILES string of the molecule is CCCOc1c(Cl)cc(/C=N\Nc2cccc(C(=O)[O-])c2)cc1OCC. The molecular weight excluding hydrogens is 356 g/mol. The van der Waals surface area contributed by atoms with Crippen LogP contribution in [-0.2, 0) is 0 Å². The van der Waals surface area contributed by atoms with E-state index in [9.17, 15) is 9.90 Å². The standard InChI is InChI=1S/C19H21ClN2O4/c1-3-8-26-18-16(20)9-13(10-17(18)25-4-2)12-21-22-15-7-5-6-14(11-15)19(23)24/h5-7,9-12,22H,3-4,8H2,1-2H3,(H,23,24)/p-1/b21-12-. The van der Waals surface area contributed by atoms with Gasteiger partial charge in [0.15, 0.2) is 11.5 Å². The molecule has 0 radical (unpaired) electrons. The van der Waals surface area contributed by atoms with Gasteiger partial charge in [-0.25, -0.2) is 0 Å². The molecule has 0 unspecified atom stereocenters. The molecule has 0 heterocycles. The number of carboxylic acids is 1. The fourth-order valence-corrected chi connectivity index (χ4v) is 2.44. The van der Waals surface area contributed by atoms with Gasteiger partial charge >= 0.3 is 0 Å². The Morgan fingerprint density at radius 3 is 2.77 bits per heavy atom. The quantitative estimate of drug-likeness (QED) is 0.537. The van der Waals surface area contributed by atoms with Gasteiger partial charge in [-0.1, -0.05) is 30.7 Å². The maximum Gasteiger partial charge on any atom is 0.179 e. The minimum absolute atomic E-state index is 0.0734. The van der Waals surface area contributed by atoms with Gasteiger partial charge in [-0.2, -0.15) is 5.10 Å². The third kappa shape index (κ3) is 5.39. The Morgan fingerprint density at radius 1 is 1.27 bits per heavy atom. The molecule has 0 fully saturated rings. The number of anilines is 1. The lowest BCUT2D eigenvalue weighted by Gasteiger charge is -2.13. The van der Waals surface area contributed by atoms with Gasteiger partial charge in [-0.15, -0.1) is 0 Å². The molecule has 2 aromatic rings. The number of carbonyl (C=O) groups is 1. The van der Waals surface area contributed by atoms with E-state index in [1.807, 2.05) is 13.8 Å². The Labute approximate surface area is 157 Å². The Hall–Kier alpha value is -2.73. The van der Waals surface area contributed by atoms with Crippen LogP contribution in [0.15, 0.2) is 41.5 Å². The molecule has 0 aromatic heterocycles. The number of hydrogen-bond donors (Lipinski definition) is 1. The van der Waals surface area contributed by atoms with Gasteiger partial charge in [0.05, 0.1) is 36.1 Å². The summed E-state index contributed by atoms with van der Waals surface area (Å²) in [5.41, 5.74) is 4.09. The van der Waals surface area contributed by atoms with E-state index in [4.69, 9.17) is 21.1 Å². The summed E-state index contributed by atoms with van der Waals surface area (Å²) in [4.78, 5) is 10.9. The highest BCUT2D eigenvalue weighted by molar-refractivity contribution is 6.32. The van der Waals surface area contributed by atoms with Crippen LogP contribution in [0.2, 0.25) is 5.02 Å². The van der Waals surface area contributed by atoms with E-state index in [0.29, 0.717) is 41.0 Å². The molecular formula is C19H20ClN2O4-. The molecule has 0 saturated carbocycles. The second-order valence-electron chi connectivity index (χ2n) is 5.35. The van der Waals surface area contributed by atoms with Crippen molar-refractivity contribution >= 4 is 29.5 Å². The monoisotopic (exact) mass is 375 g/mol. The average Bonchev–Trinajstić information content (AvgIpc) is 2.61. The van der Waals surface area contributed by atoms with Crippen molar-refractivity contribution < 1.29 is 19.4 Å². The van der Waals surface area contributed by atoms with Crippen molar-refractivity contribution in [1.29, 1.82) is 0 Å². The van der Waals surface area contributed by atoms with Crippen LogP contribution in [0.5, 0.6) is 11.5 Å². The molecule has 0 amide bonds. The van der Waals surface area contributed by atoms with Crippen LogP contribution in [-0.4, -0.2) is 25.4 Å². The highest BCUT2D eigenvalue weighted by Gasteiger charge is 2.11. The number of hydrogen-bond acceptors (Lipinski definition) is 6. The number of carbonyl (C=O) groups excluding carboxylic acids is 1. The maximum absolute atomic E-state index is 10.9. The molecule has 1 N–H and O–H groups in total. The summed E-state index contributed by atoms with van der Waals surface area (Å²) in [5, 5.41) is 15.4. The van der Waals surface area contributed by atoms with E-state index in [2.05, 4.69) is 10.5 Å². The molecule has 7 heteroatoms. The second-order valence-corrected chi connectivity index (χ2v) is 5.76. The van der Waals surface area contributed by atoms with E-state index in [0.717, 1.165) is 6.42 Å². The Bertz CT molecular complexity index is 793. The van der Waals surface area contributed by atoms with Gasteiger partial charge in [-0.05, 0) is 48.7 Å². The largest absolute Gasteiger partial charge is 0.545 e. The van der Waals surface area contributed by atoms with E-state index in [1.54, 1.807) is 30.5 Å². The molecule has 2 aromatic carbocycles. The van der Waals surface area contributed by atoms with Crippen LogP contribution < -0.4 is 20.0 Å². The van der Waals surface area contributed by atoms with Crippen LogP contribution in [0.3, 0.4) is 0 Å². The van der Waals surface area contributed by atoms with E-state index in [1.165, 1.54) is 12.1 Å². The highest BCUT2D eigenvalue weighted by Crippen LogP contribution is 2.36. The molecule has 0 aliphatic rings. The molecule has 0 saturated heterocycles. The summed E-state index contributed by atoms with van der Waals surface area (Å²) in [6, 6.07) is 9.69. The first kappa shape index (κ1) is 19.6. The van der Waals surface area contributed by atoms with E-state index in [-0.39, 0.29) is 5.56 Å². The average molecular weight is 376 g/mol. The first-order valence-electron chi connectivity index (χ1n) is 8.24. The lowest BCUT2D eigenvalue weighted by molar-refractivity contribution is -0.255. The molecule has 2 rings (SSSR count). The number of nitrogens with one attached hydrogen (secondary N) is 1. The first-order valence-corrected chi connectivity index (χ1v) is 8.62. The van der Waals surface area contributed by atoms with Gasteiger partial charge in [0.25, 0.3) is 0 Å². The van der Waals surface area contributed by atoms with Crippen LogP contribution >= 0.6 is 11.6 Å². The Balaban J connectivity index is 2.16. The molecule has 0 aliphatic carbocycles. The van der Waals surface area contributed by atoms with Crippen molar-refractivity contribution in [2.45, 2.75) is 20.3 Å². The summed E-state index contributed by atoms with van der Waals surface area (Å²) in [6.45, 7) is 4.91. The van der Waals surface area contributed by atoms with E-state index >= 15 is 0 Å².